The summed E-state index contributed by atoms with van der Waals surface area (Å²) in [6.07, 6.45) is 2.50. The fraction of sp³-hybridized carbons (Fsp3) is 0.500. The molecule has 0 spiro atoms. The first-order valence-electron chi connectivity index (χ1n) is 6.71. The Hall–Kier alpha value is -2.11. The van der Waals surface area contributed by atoms with Gasteiger partial charge in [-0.1, -0.05) is 13.8 Å². The number of piperidine rings is 1. The van der Waals surface area contributed by atoms with Crippen LogP contribution in [0.1, 0.15) is 30.8 Å². The van der Waals surface area contributed by atoms with Gasteiger partial charge in [0.25, 0.3) is 0 Å². The summed E-state index contributed by atoms with van der Waals surface area (Å²) in [5.74, 6) is -0.240. The second kappa shape index (κ2) is 5.90. The summed E-state index contributed by atoms with van der Waals surface area (Å²) < 4.78 is 0. The fourth-order valence-electron chi connectivity index (χ4n) is 2.70. The number of carboxylic acids is 1. The second-order valence-corrected chi connectivity index (χ2v) is 5.49. The Morgan fingerprint density at radius 3 is 2.60 bits per heavy atom. The first-order valence-corrected chi connectivity index (χ1v) is 6.71. The Bertz CT molecular complexity index is 508. The minimum Gasteiger partial charge on any atom is -0.476 e. The molecule has 0 radical (unpaired) electrons. The van der Waals surface area contributed by atoms with Crippen LogP contribution in [0.5, 0.6) is 0 Å². The SMILES string of the molecule is CC1CC(C)CN(C(=O)Nc2cccnc2C(=O)O)C1. The van der Waals surface area contributed by atoms with Gasteiger partial charge in [-0.2, -0.15) is 0 Å². The van der Waals surface area contributed by atoms with Gasteiger partial charge in [-0.05, 0) is 30.4 Å². The molecule has 2 rings (SSSR count). The zero-order valence-corrected chi connectivity index (χ0v) is 11.7. The highest BCUT2D eigenvalue weighted by atomic mass is 16.4. The summed E-state index contributed by atoms with van der Waals surface area (Å²) in [5, 5.41) is 11.7. The molecule has 2 unspecified atom stereocenters. The van der Waals surface area contributed by atoms with Crippen molar-refractivity contribution in [3.8, 4) is 0 Å². The number of anilines is 1. The summed E-state index contributed by atoms with van der Waals surface area (Å²) in [4.78, 5) is 28.8. The lowest BCUT2D eigenvalue weighted by Gasteiger charge is -2.34. The van der Waals surface area contributed by atoms with Crippen LogP contribution in [-0.4, -0.2) is 40.1 Å². The number of hydrogen-bond acceptors (Lipinski definition) is 3. The molecule has 2 N–H and O–H groups in total. The van der Waals surface area contributed by atoms with Crippen molar-refractivity contribution in [2.75, 3.05) is 18.4 Å². The molecule has 0 saturated carbocycles. The van der Waals surface area contributed by atoms with Gasteiger partial charge in [0, 0.05) is 19.3 Å². The van der Waals surface area contributed by atoms with Gasteiger partial charge in [0.15, 0.2) is 5.69 Å². The molecule has 0 aromatic carbocycles. The third kappa shape index (κ3) is 3.26. The van der Waals surface area contributed by atoms with Crippen molar-refractivity contribution in [1.82, 2.24) is 9.88 Å². The fourth-order valence-corrected chi connectivity index (χ4v) is 2.70. The predicted octanol–water partition coefficient (Wildman–Crippen LogP) is 2.29. The Labute approximate surface area is 117 Å². The molecular weight excluding hydrogens is 258 g/mol. The molecule has 1 aliphatic rings. The van der Waals surface area contributed by atoms with E-state index in [0.29, 0.717) is 24.9 Å². The van der Waals surface area contributed by atoms with Crippen LogP contribution < -0.4 is 5.32 Å². The maximum atomic E-state index is 12.2. The number of aromatic carboxylic acids is 1. The van der Waals surface area contributed by atoms with Crippen LogP contribution in [0.4, 0.5) is 10.5 Å². The Balaban J connectivity index is 2.10. The van der Waals surface area contributed by atoms with Crippen molar-refractivity contribution in [3.63, 3.8) is 0 Å². The largest absolute Gasteiger partial charge is 0.476 e. The van der Waals surface area contributed by atoms with E-state index in [0.717, 1.165) is 6.42 Å². The Morgan fingerprint density at radius 2 is 2.00 bits per heavy atom. The normalized spacial score (nSPS) is 22.4. The van der Waals surface area contributed by atoms with Gasteiger partial charge in [0.05, 0.1) is 5.69 Å². The van der Waals surface area contributed by atoms with Crippen molar-refractivity contribution >= 4 is 17.7 Å². The number of urea groups is 1. The van der Waals surface area contributed by atoms with E-state index in [1.807, 2.05) is 0 Å². The molecule has 2 atom stereocenters. The predicted molar refractivity (Wildman–Crippen MR) is 74.7 cm³/mol. The van der Waals surface area contributed by atoms with Crippen LogP contribution in [0.15, 0.2) is 18.3 Å². The number of carbonyl (C=O) groups excluding carboxylic acids is 1. The van der Waals surface area contributed by atoms with E-state index in [9.17, 15) is 9.59 Å². The van der Waals surface area contributed by atoms with E-state index >= 15 is 0 Å². The van der Waals surface area contributed by atoms with Crippen molar-refractivity contribution in [2.24, 2.45) is 11.8 Å². The lowest BCUT2D eigenvalue weighted by molar-refractivity contribution is 0.0691. The summed E-state index contributed by atoms with van der Waals surface area (Å²) in [6, 6.07) is 2.88. The first-order chi connectivity index (χ1) is 9.47. The molecule has 108 valence electrons. The maximum absolute atomic E-state index is 12.2. The molecule has 1 saturated heterocycles. The van der Waals surface area contributed by atoms with Gasteiger partial charge in [0.1, 0.15) is 0 Å². The van der Waals surface area contributed by atoms with Crippen LogP contribution in [0.3, 0.4) is 0 Å². The third-order valence-corrected chi connectivity index (χ3v) is 3.41. The second-order valence-electron chi connectivity index (χ2n) is 5.49. The molecule has 2 heterocycles. The highest BCUT2D eigenvalue weighted by molar-refractivity contribution is 5.98. The lowest BCUT2D eigenvalue weighted by Crippen LogP contribution is -2.44. The van der Waals surface area contributed by atoms with Crippen molar-refractivity contribution < 1.29 is 14.7 Å². The van der Waals surface area contributed by atoms with Crippen LogP contribution in [-0.2, 0) is 0 Å². The number of nitrogens with zero attached hydrogens (tertiary/aromatic N) is 2. The maximum Gasteiger partial charge on any atom is 0.356 e. The molecule has 1 aromatic heterocycles. The van der Waals surface area contributed by atoms with E-state index in [4.69, 9.17) is 5.11 Å². The van der Waals surface area contributed by atoms with Gasteiger partial charge in [-0.25, -0.2) is 14.6 Å². The number of likely N-dealkylation sites (tertiary alicyclic amines) is 1. The van der Waals surface area contributed by atoms with Crippen molar-refractivity contribution in [2.45, 2.75) is 20.3 Å². The van der Waals surface area contributed by atoms with Gasteiger partial charge in [-0.3, -0.25) is 0 Å². The number of hydrogen-bond donors (Lipinski definition) is 2. The molecule has 0 aliphatic carbocycles. The zero-order valence-electron chi connectivity index (χ0n) is 11.7. The van der Waals surface area contributed by atoms with Gasteiger partial charge in [-0.15, -0.1) is 0 Å². The molecule has 2 amide bonds. The standard InChI is InChI=1S/C14H19N3O3/c1-9-6-10(2)8-17(7-9)14(20)16-11-4-3-5-15-12(11)13(18)19/h3-5,9-10H,6-8H2,1-2H3,(H,16,20)(H,18,19). The van der Waals surface area contributed by atoms with Gasteiger partial charge < -0.3 is 15.3 Å². The molecule has 1 aliphatic heterocycles. The topological polar surface area (TPSA) is 82.5 Å². The summed E-state index contributed by atoms with van der Waals surface area (Å²) >= 11 is 0. The number of carbonyl (C=O) groups is 2. The minimum atomic E-state index is -1.15. The van der Waals surface area contributed by atoms with Crippen LogP contribution in [0.25, 0.3) is 0 Å². The molecule has 1 aromatic rings. The quantitative estimate of drug-likeness (QED) is 0.868. The average Bonchev–Trinajstić information content (AvgIpc) is 2.37. The van der Waals surface area contributed by atoms with Gasteiger partial charge >= 0.3 is 12.0 Å². The number of nitrogens with one attached hydrogen (secondary N) is 1. The van der Waals surface area contributed by atoms with E-state index in [1.165, 1.54) is 6.20 Å². The highest BCUT2D eigenvalue weighted by Crippen LogP contribution is 2.22. The monoisotopic (exact) mass is 277 g/mol. The molecule has 0 bridgehead atoms. The third-order valence-electron chi connectivity index (χ3n) is 3.41. The van der Waals surface area contributed by atoms with E-state index < -0.39 is 5.97 Å². The van der Waals surface area contributed by atoms with E-state index in [1.54, 1.807) is 17.0 Å². The number of carboxylic acid groups (broad SMARTS) is 1. The molecule has 1 fully saturated rings. The summed E-state index contributed by atoms with van der Waals surface area (Å²) in [7, 11) is 0. The van der Waals surface area contributed by atoms with Crippen molar-refractivity contribution in [1.29, 1.82) is 0 Å². The van der Waals surface area contributed by atoms with E-state index in [2.05, 4.69) is 24.1 Å². The minimum absolute atomic E-state index is 0.140. The van der Waals surface area contributed by atoms with Crippen LogP contribution in [0, 0.1) is 11.8 Å². The zero-order chi connectivity index (χ0) is 14.7. The first kappa shape index (κ1) is 14.3. The Morgan fingerprint density at radius 1 is 1.35 bits per heavy atom. The van der Waals surface area contributed by atoms with Crippen LogP contribution >= 0.6 is 0 Å². The van der Waals surface area contributed by atoms with Crippen molar-refractivity contribution in [3.05, 3.63) is 24.0 Å². The average molecular weight is 277 g/mol. The summed E-state index contributed by atoms with van der Waals surface area (Å²) in [5.41, 5.74) is 0.0924. The number of pyridine rings is 1. The van der Waals surface area contributed by atoms with Crippen LogP contribution in [0.2, 0.25) is 0 Å². The number of aromatic nitrogens is 1. The highest BCUT2D eigenvalue weighted by Gasteiger charge is 2.26. The molecule has 20 heavy (non-hydrogen) atoms. The number of amides is 2. The lowest BCUT2D eigenvalue weighted by atomic mass is 9.92. The number of rotatable bonds is 2. The smallest absolute Gasteiger partial charge is 0.356 e. The summed E-state index contributed by atoms with van der Waals surface area (Å²) in [6.45, 7) is 5.61. The molecular formula is C14H19N3O3. The Kier molecular flexibility index (Phi) is 4.22. The molecule has 6 heteroatoms. The van der Waals surface area contributed by atoms with E-state index in [-0.39, 0.29) is 17.4 Å². The molecule has 6 nitrogen and oxygen atoms in total. The van der Waals surface area contributed by atoms with Gasteiger partial charge in [0.2, 0.25) is 0 Å².